The molecule has 0 saturated heterocycles. The van der Waals surface area contributed by atoms with Gasteiger partial charge in [0.25, 0.3) is 0 Å². The molecular weight excluding hydrogens is 140 g/mol. The number of rotatable bonds is 3. The van der Waals surface area contributed by atoms with Gasteiger partial charge in [-0.2, -0.15) is 0 Å². The Labute approximate surface area is 66.6 Å². The molecule has 0 amide bonds. The largest absolute Gasteiger partial charge is 0.432 e. The minimum absolute atomic E-state index is 0.347. The van der Waals surface area contributed by atoms with Crippen LogP contribution in [0.5, 0.6) is 0 Å². The fourth-order valence-electron chi connectivity index (χ4n) is 0.426. The van der Waals surface area contributed by atoms with Crippen LogP contribution in [0.3, 0.4) is 0 Å². The molecule has 0 aromatic heterocycles. The lowest BCUT2D eigenvalue weighted by Gasteiger charge is -1.96. The first-order valence-electron chi connectivity index (χ1n) is 3.11. The number of ether oxygens (including phenoxy) is 1. The minimum atomic E-state index is -0.470. The molecule has 0 spiro atoms. The monoisotopic (exact) mass is 150 g/mol. The molecule has 0 bridgehead atoms. The van der Waals surface area contributed by atoms with E-state index in [4.69, 9.17) is 0 Å². The van der Waals surface area contributed by atoms with E-state index in [9.17, 15) is 4.79 Å². The van der Waals surface area contributed by atoms with Crippen molar-refractivity contribution in [3.8, 4) is 11.8 Å². The van der Waals surface area contributed by atoms with Crippen LogP contribution < -0.4 is 0 Å². The number of esters is 1. The van der Waals surface area contributed by atoms with Crippen LogP contribution in [0, 0.1) is 11.8 Å². The first-order chi connectivity index (χ1) is 5.22. The molecule has 0 radical (unpaired) electrons. The average Bonchev–Trinajstić information content (AvgIpc) is 2.00. The molecule has 0 aromatic rings. The zero-order chi connectivity index (χ0) is 8.69. The van der Waals surface area contributed by atoms with Crippen molar-refractivity contribution in [3.63, 3.8) is 0 Å². The van der Waals surface area contributed by atoms with E-state index < -0.39 is 5.97 Å². The Bertz CT molecular complexity index is 228. The number of carbonyl (C=O) groups is 1. The van der Waals surface area contributed by atoms with Crippen LogP contribution in [-0.2, 0) is 9.53 Å². The summed E-state index contributed by atoms with van der Waals surface area (Å²) < 4.78 is 4.46. The molecule has 0 heterocycles. The molecule has 11 heavy (non-hydrogen) atoms. The van der Waals surface area contributed by atoms with Crippen molar-refractivity contribution >= 4 is 5.97 Å². The molecule has 0 saturated carbocycles. The molecule has 0 N–H and O–H groups in total. The van der Waals surface area contributed by atoms with Crippen LogP contribution in [0.25, 0.3) is 0 Å². The van der Waals surface area contributed by atoms with Crippen LogP contribution >= 0.6 is 0 Å². The third-order valence-corrected chi connectivity index (χ3v) is 0.958. The summed E-state index contributed by atoms with van der Waals surface area (Å²) in [6.07, 6.45) is 1.43. The summed E-state index contributed by atoms with van der Waals surface area (Å²) in [5.74, 6) is 4.88. The fourth-order valence-corrected chi connectivity index (χ4v) is 0.426. The van der Waals surface area contributed by atoms with E-state index in [1.54, 1.807) is 6.92 Å². The normalized spacial score (nSPS) is 7.36. The first kappa shape index (κ1) is 9.51. The minimum Gasteiger partial charge on any atom is -0.432 e. The summed E-state index contributed by atoms with van der Waals surface area (Å²) >= 11 is 0. The van der Waals surface area contributed by atoms with E-state index in [0.29, 0.717) is 12.0 Å². The van der Waals surface area contributed by atoms with E-state index in [-0.39, 0.29) is 0 Å². The molecule has 0 aromatic carbocycles. The maximum Gasteiger partial charge on any atom is 0.339 e. The van der Waals surface area contributed by atoms with Gasteiger partial charge in [0, 0.05) is 12.0 Å². The second-order valence-corrected chi connectivity index (χ2v) is 1.78. The summed E-state index contributed by atoms with van der Waals surface area (Å²) in [5.41, 5.74) is 0.347. The Morgan fingerprint density at radius 3 is 2.82 bits per heavy atom. The van der Waals surface area contributed by atoms with Crippen molar-refractivity contribution in [2.45, 2.75) is 13.3 Å². The molecule has 0 aliphatic carbocycles. The van der Waals surface area contributed by atoms with Crippen molar-refractivity contribution in [1.29, 1.82) is 0 Å². The van der Waals surface area contributed by atoms with E-state index in [0.717, 1.165) is 6.26 Å². The molecule has 58 valence electrons. The van der Waals surface area contributed by atoms with Crippen LogP contribution in [0.15, 0.2) is 25.0 Å². The Morgan fingerprint density at radius 2 is 2.36 bits per heavy atom. The Hall–Kier alpha value is -1.49. The molecule has 0 fully saturated rings. The summed E-state index contributed by atoms with van der Waals surface area (Å²) in [6, 6.07) is 0. The van der Waals surface area contributed by atoms with Gasteiger partial charge in [-0.3, -0.25) is 0 Å². The summed E-state index contributed by atoms with van der Waals surface area (Å²) in [7, 11) is 0. The third kappa shape index (κ3) is 3.99. The fraction of sp³-hybridized carbons (Fsp3) is 0.222. The summed E-state index contributed by atoms with van der Waals surface area (Å²) in [6.45, 7) is 8.43. The molecule has 0 rings (SSSR count). The standard InChI is InChI=1S/C9H10O2/c1-4-6-7-8(3)9(10)11-5-2/h5H,2-3,7H2,1H3. The summed E-state index contributed by atoms with van der Waals surface area (Å²) in [4.78, 5) is 10.8. The second kappa shape index (κ2) is 5.31. The van der Waals surface area contributed by atoms with E-state index in [1.807, 2.05) is 0 Å². The SMILES string of the molecule is C=COC(=O)C(=C)CC#CC. The highest BCUT2D eigenvalue weighted by Crippen LogP contribution is 1.99. The third-order valence-electron chi connectivity index (χ3n) is 0.958. The zero-order valence-corrected chi connectivity index (χ0v) is 6.52. The van der Waals surface area contributed by atoms with Gasteiger partial charge in [-0.25, -0.2) is 4.79 Å². The van der Waals surface area contributed by atoms with Gasteiger partial charge in [0.05, 0.1) is 6.26 Å². The van der Waals surface area contributed by atoms with E-state index in [2.05, 4.69) is 29.7 Å². The molecule has 0 aliphatic rings. The number of hydrogen-bond donors (Lipinski definition) is 0. The first-order valence-corrected chi connectivity index (χ1v) is 3.11. The molecule has 2 nitrogen and oxygen atoms in total. The molecular formula is C9H10O2. The smallest absolute Gasteiger partial charge is 0.339 e. The molecule has 0 aliphatic heterocycles. The van der Waals surface area contributed by atoms with Crippen molar-refractivity contribution in [2.75, 3.05) is 0 Å². The van der Waals surface area contributed by atoms with Gasteiger partial charge < -0.3 is 4.74 Å². The predicted octanol–water partition coefficient (Wildman–Crippen LogP) is 1.64. The molecule has 0 atom stereocenters. The van der Waals surface area contributed by atoms with Gasteiger partial charge in [0.15, 0.2) is 0 Å². The van der Waals surface area contributed by atoms with E-state index in [1.165, 1.54) is 0 Å². The van der Waals surface area contributed by atoms with Crippen LogP contribution in [0.4, 0.5) is 0 Å². The topological polar surface area (TPSA) is 26.3 Å². The van der Waals surface area contributed by atoms with Crippen LogP contribution in [0.1, 0.15) is 13.3 Å². The number of hydrogen-bond acceptors (Lipinski definition) is 2. The molecule has 2 heteroatoms. The Balaban J connectivity index is 3.89. The maximum atomic E-state index is 10.8. The lowest BCUT2D eigenvalue weighted by atomic mass is 10.2. The van der Waals surface area contributed by atoms with Crippen molar-refractivity contribution in [3.05, 3.63) is 25.0 Å². The lowest BCUT2D eigenvalue weighted by molar-refractivity contribution is -0.133. The van der Waals surface area contributed by atoms with Crippen LogP contribution in [0.2, 0.25) is 0 Å². The van der Waals surface area contributed by atoms with Crippen molar-refractivity contribution < 1.29 is 9.53 Å². The highest BCUT2D eigenvalue weighted by Gasteiger charge is 2.03. The molecule has 0 unspecified atom stereocenters. The van der Waals surface area contributed by atoms with Crippen molar-refractivity contribution in [1.82, 2.24) is 0 Å². The van der Waals surface area contributed by atoms with Gasteiger partial charge >= 0.3 is 5.97 Å². The lowest BCUT2D eigenvalue weighted by Crippen LogP contribution is -2.01. The quantitative estimate of drug-likeness (QED) is 0.264. The van der Waals surface area contributed by atoms with Crippen molar-refractivity contribution in [2.24, 2.45) is 0 Å². The Morgan fingerprint density at radius 1 is 1.73 bits per heavy atom. The predicted molar refractivity (Wildman–Crippen MR) is 43.5 cm³/mol. The number of carbonyl (C=O) groups excluding carboxylic acids is 1. The van der Waals surface area contributed by atoms with Gasteiger partial charge in [0.1, 0.15) is 0 Å². The second-order valence-electron chi connectivity index (χ2n) is 1.78. The zero-order valence-electron chi connectivity index (χ0n) is 6.52. The maximum absolute atomic E-state index is 10.8. The highest BCUT2D eigenvalue weighted by molar-refractivity contribution is 5.88. The summed E-state index contributed by atoms with van der Waals surface area (Å²) in [5, 5.41) is 0. The van der Waals surface area contributed by atoms with Gasteiger partial charge in [-0.05, 0) is 6.92 Å². The van der Waals surface area contributed by atoms with Crippen LogP contribution in [-0.4, -0.2) is 5.97 Å². The average molecular weight is 150 g/mol. The highest BCUT2D eigenvalue weighted by atomic mass is 16.5. The van der Waals surface area contributed by atoms with Gasteiger partial charge in [-0.1, -0.05) is 19.1 Å². The van der Waals surface area contributed by atoms with Gasteiger partial charge in [-0.15, -0.1) is 5.92 Å². The van der Waals surface area contributed by atoms with E-state index >= 15 is 0 Å². The van der Waals surface area contributed by atoms with Gasteiger partial charge in [0.2, 0.25) is 0 Å². The Kier molecular flexibility index (Phi) is 4.59.